The minimum absolute atomic E-state index is 0.0285. The summed E-state index contributed by atoms with van der Waals surface area (Å²) in [7, 11) is 0. The van der Waals surface area contributed by atoms with Crippen LogP contribution in [0.4, 0.5) is 13.2 Å². The molecule has 0 amide bonds. The SMILES string of the molecule is FC(F)(F)Cc1noc(CN2CCC[C@@H]2c2noc(C3CC3)n2)n1. The molecule has 7 nitrogen and oxygen atoms in total. The molecule has 1 aliphatic heterocycles. The Bertz CT molecular complexity index is 709. The van der Waals surface area contributed by atoms with Gasteiger partial charge in [0, 0.05) is 5.92 Å². The molecule has 1 atom stereocenters. The van der Waals surface area contributed by atoms with Crippen molar-refractivity contribution in [2.45, 2.75) is 56.8 Å². The summed E-state index contributed by atoms with van der Waals surface area (Å²) in [6.07, 6.45) is -1.55. The van der Waals surface area contributed by atoms with Gasteiger partial charge in [-0.3, -0.25) is 4.90 Å². The highest BCUT2D eigenvalue weighted by Crippen LogP contribution is 2.40. The number of alkyl halides is 3. The Labute approximate surface area is 135 Å². The van der Waals surface area contributed by atoms with E-state index in [2.05, 4.69) is 20.3 Å². The van der Waals surface area contributed by atoms with Crippen LogP contribution in [0.2, 0.25) is 0 Å². The zero-order chi connectivity index (χ0) is 16.7. The molecule has 0 radical (unpaired) electrons. The zero-order valence-corrected chi connectivity index (χ0v) is 12.8. The van der Waals surface area contributed by atoms with E-state index in [1.54, 1.807) is 0 Å². The Morgan fingerprint density at radius 2 is 1.92 bits per heavy atom. The molecule has 2 aromatic heterocycles. The number of nitrogens with zero attached hydrogens (tertiary/aromatic N) is 5. The average Bonchev–Trinajstić information content (AvgIpc) is 2.91. The molecule has 10 heteroatoms. The maximum Gasteiger partial charge on any atom is 0.396 e. The van der Waals surface area contributed by atoms with Crippen molar-refractivity contribution in [3.63, 3.8) is 0 Å². The average molecular weight is 343 g/mol. The van der Waals surface area contributed by atoms with E-state index in [0.29, 0.717) is 17.6 Å². The summed E-state index contributed by atoms with van der Waals surface area (Å²) in [6, 6.07) is -0.0285. The van der Waals surface area contributed by atoms with Gasteiger partial charge in [-0.25, -0.2) is 0 Å². The highest BCUT2D eigenvalue weighted by atomic mass is 19.4. The van der Waals surface area contributed by atoms with Gasteiger partial charge in [-0.2, -0.15) is 23.1 Å². The molecule has 2 aromatic rings. The molecule has 0 unspecified atom stereocenters. The quantitative estimate of drug-likeness (QED) is 0.825. The Kier molecular flexibility index (Phi) is 3.78. The first-order valence-corrected chi connectivity index (χ1v) is 7.94. The second-order valence-corrected chi connectivity index (χ2v) is 6.29. The van der Waals surface area contributed by atoms with Crippen LogP contribution in [-0.4, -0.2) is 37.9 Å². The van der Waals surface area contributed by atoms with Crippen molar-refractivity contribution in [3.8, 4) is 0 Å². The summed E-state index contributed by atoms with van der Waals surface area (Å²) in [6.45, 7) is 1.05. The third-order valence-electron chi connectivity index (χ3n) is 4.25. The molecule has 0 spiro atoms. The van der Waals surface area contributed by atoms with Crippen LogP contribution in [0, 0.1) is 0 Å². The monoisotopic (exact) mass is 343 g/mol. The van der Waals surface area contributed by atoms with E-state index in [4.69, 9.17) is 9.05 Å². The number of likely N-dealkylation sites (tertiary alicyclic amines) is 1. The van der Waals surface area contributed by atoms with Crippen molar-refractivity contribution in [1.29, 1.82) is 0 Å². The van der Waals surface area contributed by atoms with Gasteiger partial charge < -0.3 is 9.05 Å². The number of hydrogen-bond donors (Lipinski definition) is 0. The van der Waals surface area contributed by atoms with E-state index in [0.717, 1.165) is 32.2 Å². The van der Waals surface area contributed by atoms with Crippen LogP contribution in [0.15, 0.2) is 9.05 Å². The van der Waals surface area contributed by atoms with Crippen molar-refractivity contribution in [1.82, 2.24) is 25.2 Å². The molecule has 0 N–H and O–H groups in total. The van der Waals surface area contributed by atoms with Crippen molar-refractivity contribution in [3.05, 3.63) is 23.4 Å². The van der Waals surface area contributed by atoms with Gasteiger partial charge in [0.05, 0.1) is 12.6 Å². The Hall–Kier alpha value is -1.97. The summed E-state index contributed by atoms with van der Waals surface area (Å²) < 4.78 is 47.3. The van der Waals surface area contributed by atoms with Gasteiger partial charge in [-0.15, -0.1) is 0 Å². The van der Waals surface area contributed by atoms with Gasteiger partial charge in [0.15, 0.2) is 11.6 Å². The molecule has 2 aliphatic rings. The first kappa shape index (κ1) is 15.6. The molecule has 24 heavy (non-hydrogen) atoms. The highest BCUT2D eigenvalue weighted by Gasteiger charge is 2.35. The number of halogens is 3. The van der Waals surface area contributed by atoms with E-state index in [-0.39, 0.29) is 24.3 Å². The standard InChI is InChI=1S/C14H16F3N5O2/c15-14(16,17)6-10-18-11(23-20-10)7-22-5-1-2-9(22)12-19-13(24-21-12)8-3-4-8/h8-9H,1-7H2/t9-/m1/s1. The van der Waals surface area contributed by atoms with Crippen molar-refractivity contribution >= 4 is 0 Å². The zero-order valence-electron chi connectivity index (χ0n) is 12.8. The fourth-order valence-corrected chi connectivity index (χ4v) is 2.97. The molecule has 3 heterocycles. The van der Waals surface area contributed by atoms with Gasteiger partial charge in [0.25, 0.3) is 0 Å². The van der Waals surface area contributed by atoms with Gasteiger partial charge in [0.1, 0.15) is 6.42 Å². The topological polar surface area (TPSA) is 81.1 Å². The molecule has 1 saturated carbocycles. The predicted octanol–water partition coefficient (Wildman–Crippen LogP) is 2.77. The van der Waals surface area contributed by atoms with Crippen LogP contribution < -0.4 is 0 Å². The maximum absolute atomic E-state index is 12.4. The molecule has 0 aromatic carbocycles. The predicted molar refractivity (Wildman–Crippen MR) is 72.7 cm³/mol. The lowest BCUT2D eigenvalue weighted by Crippen LogP contribution is -2.24. The number of aromatic nitrogens is 4. The summed E-state index contributed by atoms with van der Waals surface area (Å²) >= 11 is 0. The van der Waals surface area contributed by atoms with Gasteiger partial charge in [-0.05, 0) is 32.2 Å². The minimum Gasteiger partial charge on any atom is -0.339 e. The molecule has 130 valence electrons. The number of hydrogen-bond acceptors (Lipinski definition) is 7. The molecular weight excluding hydrogens is 327 g/mol. The van der Waals surface area contributed by atoms with E-state index in [9.17, 15) is 13.2 Å². The normalized spacial score (nSPS) is 22.4. The smallest absolute Gasteiger partial charge is 0.339 e. The molecule has 2 fully saturated rings. The molecule has 1 aliphatic carbocycles. The number of rotatable bonds is 5. The third kappa shape index (κ3) is 3.42. The van der Waals surface area contributed by atoms with Crippen LogP contribution >= 0.6 is 0 Å². The first-order valence-electron chi connectivity index (χ1n) is 7.94. The van der Waals surface area contributed by atoms with Crippen LogP contribution in [0.5, 0.6) is 0 Å². The fourth-order valence-electron chi connectivity index (χ4n) is 2.97. The second kappa shape index (κ2) is 5.83. The van der Waals surface area contributed by atoms with E-state index in [1.807, 2.05) is 4.90 Å². The largest absolute Gasteiger partial charge is 0.396 e. The lowest BCUT2D eigenvalue weighted by molar-refractivity contribution is -0.128. The summed E-state index contributed by atoms with van der Waals surface area (Å²) in [4.78, 5) is 10.3. The van der Waals surface area contributed by atoms with Crippen LogP contribution in [0.1, 0.15) is 61.1 Å². The Morgan fingerprint density at radius 1 is 1.08 bits per heavy atom. The molecular formula is C14H16F3N5O2. The third-order valence-corrected chi connectivity index (χ3v) is 4.25. The summed E-state index contributed by atoms with van der Waals surface area (Å²) in [5.41, 5.74) is 0. The van der Waals surface area contributed by atoms with Crippen LogP contribution in [-0.2, 0) is 13.0 Å². The lowest BCUT2D eigenvalue weighted by Gasteiger charge is -2.19. The summed E-state index contributed by atoms with van der Waals surface area (Å²) in [5, 5.41) is 7.46. The second-order valence-electron chi connectivity index (χ2n) is 6.29. The summed E-state index contributed by atoms with van der Waals surface area (Å²) in [5.74, 6) is 1.53. The van der Waals surface area contributed by atoms with Crippen LogP contribution in [0.25, 0.3) is 0 Å². The lowest BCUT2D eigenvalue weighted by atomic mass is 10.2. The first-order chi connectivity index (χ1) is 11.5. The van der Waals surface area contributed by atoms with Crippen molar-refractivity contribution in [2.75, 3.05) is 6.54 Å². The van der Waals surface area contributed by atoms with E-state index in [1.165, 1.54) is 0 Å². The Balaban J connectivity index is 1.43. The van der Waals surface area contributed by atoms with Crippen molar-refractivity contribution < 1.29 is 22.2 Å². The van der Waals surface area contributed by atoms with Crippen molar-refractivity contribution in [2.24, 2.45) is 0 Å². The molecule has 4 rings (SSSR count). The highest BCUT2D eigenvalue weighted by molar-refractivity contribution is 5.05. The molecule has 1 saturated heterocycles. The Morgan fingerprint density at radius 3 is 2.67 bits per heavy atom. The van der Waals surface area contributed by atoms with Gasteiger partial charge >= 0.3 is 6.18 Å². The molecule has 0 bridgehead atoms. The van der Waals surface area contributed by atoms with Crippen LogP contribution in [0.3, 0.4) is 0 Å². The van der Waals surface area contributed by atoms with Gasteiger partial charge in [-0.1, -0.05) is 10.3 Å². The van der Waals surface area contributed by atoms with E-state index >= 15 is 0 Å². The maximum atomic E-state index is 12.4. The fraction of sp³-hybridized carbons (Fsp3) is 0.714. The van der Waals surface area contributed by atoms with E-state index < -0.39 is 12.6 Å². The van der Waals surface area contributed by atoms with Gasteiger partial charge in [0.2, 0.25) is 11.8 Å². The minimum atomic E-state index is -4.35.